The summed E-state index contributed by atoms with van der Waals surface area (Å²) >= 11 is 0. The van der Waals surface area contributed by atoms with E-state index in [0.717, 1.165) is 10.8 Å². The molecule has 0 radical (unpaired) electrons. The SMILES string of the molecule is O=C1NC(c2ccccc2)(c2ccccc2)C(=O)N1C(=O)c1ccc2ccccc2c1. The minimum Gasteiger partial charge on any atom is -0.315 e. The summed E-state index contributed by atoms with van der Waals surface area (Å²) in [6.45, 7) is 0. The Balaban J connectivity index is 1.62. The number of urea groups is 1. The zero-order valence-corrected chi connectivity index (χ0v) is 16.5. The van der Waals surface area contributed by atoms with E-state index in [0.29, 0.717) is 16.0 Å². The molecule has 4 aromatic carbocycles. The van der Waals surface area contributed by atoms with Crippen molar-refractivity contribution < 1.29 is 14.4 Å². The molecular weight excluding hydrogens is 388 g/mol. The van der Waals surface area contributed by atoms with Gasteiger partial charge in [0.05, 0.1) is 0 Å². The Morgan fingerprint density at radius 1 is 0.677 bits per heavy atom. The summed E-state index contributed by atoms with van der Waals surface area (Å²) < 4.78 is 0. The van der Waals surface area contributed by atoms with Gasteiger partial charge in [0.25, 0.3) is 11.8 Å². The number of carbonyl (C=O) groups excluding carboxylic acids is 3. The molecule has 4 amide bonds. The topological polar surface area (TPSA) is 66.5 Å². The third-order valence-electron chi connectivity index (χ3n) is 5.63. The number of amides is 4. The third-order valence-corrected chi connectivity index (χ3v) is 5.63. The maximum atomic E-state index is 13.7. The van der Waals surface area contributed by atoms with Gasteiger partial charge in [-0.25, -0.2) is 4.79 Å². The maximum Gasteiger partial charge on any atom is 0.332 e. The molecule has 4 aromatic rings. The van der Waals surface area contributed by atoms with Gasteiger partial charge in [0.15, 0.2) is 5.54 Å². The zero-order valence-electron chi connectivity index (χ0n) is 16.5. The lowest BCUT2D eigenvalue weighted by Crippen LogP contribution is -2.45. The van der Waals surface area contributed by atoms with Crippen LogP contribution in [0.15, 0.2) is 103 Å². The van der Waals surface area contributed by atoms with Gasteiger partial charge in [0, 0.05) is 5.56 Å². The molecule has 0 aromatic heterocycles. The van der Waals surface area contributed by atoms with Crippen LogP contribution in [-0.2, 0) is 10.3 Å². The first kappa shape index (κ1) is 18.8. The molecule has 0 atom stereocenters. The first-order chi connectivity index (χ1) is 15.1. The lowest BCUT2D eigenvalue weighted by Gasteiger charge is -2.27. The molecule has 0 aliphatic carbocycles. The van der Waals surface area contributed by atoms with Gasteiger partial charge in [0.1, 0.15) is 0 Å². The van der Waals surface area contributed by atoms with Crippen molar-refractivity contribution >= 4 is 28.6 Å². The third kappa shape index (κ3) is 2.90. The number of rotatable bonds is 3. The fourth-order valence-corrected chi connectivity index (χ4v) is 4.10. The molecule has 0 spiro atoms. The average molecular weight is 406 g/mol. The predicted octanol–water partition coefficient (Wildman–Crippen LogP) is 4.48. The van der Waals surface area contributed by atoms with Crippen molar-refractivity contribution in [3.63, 3.8) is 0 Å². The second-order valence-corrected chi connectivity index (χ2v) is 7.42. The van der Waals surface area contributed by atoms with Crippen LogP contribution in [0.5, 0.6) is 0 Å². The fraction of sp³-hybridized carbons (Fsp3) is 0.0385. The van der Waals surface area contributed by atoms with Gasteiger partial charge in [-0.1, -0.05) is 91.0 Å². The Labute approximate surface area is 178 Å². The van der Waals surface area contributed by atoms with Crippen LogP contribution in [0.25, 0.3) is 10.8 Å². The zero-order chi connectivity index (χ0) is 21.4. The fourth-order valence-electron chi connectivity index (χ4n) is 4.10. The summed E-state index contributed by atoms with van der Waals surface area (Å²) in [4.78, 5) is 40.8. The molecule has 5 heteroatoms. The van der Waals surface area contributed by atoms with Crippen LogP contribution in [0.1, 0.15) is 21.5 Å². The summed E-state index contributed by atoms with van der Waals surface area (Å²) in [5, 5.41) is 4.63. The van der Waals surface area contributed by atoms with Crippen molar-refractivity contribution in [2.75, 3.05) is 0 Å². The van der Waals surface area contributed by atoms with E-state index in [1.807, 2.05) is 42.5 Å². The molecule has 1 heterocycles. The number of nitrogens with one attached hydrogen (secondary N) is 1. The number of hydrogen-bond acceptors (Lipinski definition) is 3. The summed E-state index contributed by atoms with van der Waals surface area (Å²) in [6, 6.07) is 30.0. The van der Waals surface area contributed by atoms with E-state index in [4.69, 9.17) is 0 Å². The minimum absolute atomic E-state index is 0.277. The molecule has 0 saturated carbocycles. The highest BCUT2D eigenvalue weighted by Crippen LogP contribution is 2.36. The number of fused-ring (bicyclic) bond motifs is 1. The van der Waals surface area contributed by atoms with Gasteiger partial charge in [-0.3, -0.25) is 9.59 Å². The lowest BCUT2D eigenvalue weighted by molar-refractivity contribution is -0.128. The number of nitrogens with zero attached hydrogens (tertiary/aromatic N) is 1. The standard InChI is InChI=1S/C26H18N2O3/c29-23(20-16-15-18-9-7-8-10-19(18)17-20)28-24(30)26(27-25(28)31,21-11-3-1-4-12-21)22-13-5-2-6-14-22/h1-17H,(H,27,31). The molecule has 0 unspecified atom stereocenters. The molecule has 31 heavy (non-hydrogen) atoms. The molecule has 1 aliphatic heterocycles. The smallest absolute Gasteiger partial charge is 0.315 e. The van der Waals surface area contributed by atoms with Gasteiger partial charge < -0.3 is 5.32 Å². The quantitative estimate of drug-likeness (QED) is 0.403. The highest BCUT2D eigenvalue weighted by Gasteiger charge is 2.55. The van der Waals surface area contributed by atoms with Crippen LogP contribution in [0.2, 0.25) is 0 Å². The average Bonchev–Trinajstić information content (AvgIpc) is 3.10. The molecule has 1 fully saturated rings. The first-order valence-electron chi connectivity index (χ1n) is 9.92. The molecular formula is C26H18N2O3. The summed E-state index contributed by atoms with van der Waals surface area (Å²) in [5.41, 5.74) is -0.00704. The molecule has 1 saturated heterocycles. The van der Waals surface area contributed by atoms with Gasteiger partial charge in [0.2, 0.25) is 0 Å². The van der Waals surface area contributed by atoms with E-state index in [1.54, 1.807) is 60.7 Å². The van der Waals surface area contributed by atoms with E-state index in [2.05, 4.69) is 5.32 Å². The van der Waals surface area contributed by atoms with Gasteiger partial charge in [-0.15, -0.1) is 0 Å². The Kier molecular flexibility index (Phi) is 4.37. The number of imide groups is 3. The molecule has 5 rings (SSSR count). The van der Waals surface area contributed by atoms with Crippen molar-refractivity contribution in [1.29, 1.82) is 0 Å². The molecule has 1 aliphatic rings. The Morgan fingerprint density at radius 3 is 1.84 bits per heavy atom. The van der Waals surface area contributed by atoms with Crippen LogP contribution < -0.4 is 5.32 Å². The first-order valence-corrected chi connectivity index (χ1v) is 9.92. The largest absolute Gasteiger partial charge is 0.332 e. The van der Waals surface area contributed by atoms with Crippen LogP contribution in [0, 0.1) is 0 Å². The molecule has 5 nitrogen and oxygen atoms in total. The Bertz CT molecular complexity index is 1280. The summed E-state index contributed by atoms with van der Waals surface area (Å²) in [6.07, 6.45) is 0. The van der Waals surface area contributed by atoms with E-state index in [1.165, 1.54) is 0 Å². The maximum absolute atomic E-state index is 13.7. The van der Waals surface area contributed by atoms with Crippen LogP contribution in [0.4, 0.5) is 4.79 Å². The van der Waals surface area contributed by atoms with Crippen LogP contribution in [0.3, 0.4) is 0 Å². The lowest BCUT2D eigenvalue weighted by atomic mass is 9.82. The molecule has 150 valence electrons. The second-order valence-electron chi connectivity index (χ2n) is 7.42. The van der Waals surface area contributed by atoms with Crippen molar-refractivity contribution in [2.45, 2.75) is 5.54 Å². The molecule has 0 bridgehead atoms. The highest BCUT2D eigenvalue weighted by atomic mass is 16.2. The van der Waals surface area contributed by atoms with Crippen molar-refractivity contribution in [2.24, 2.45) is 0 Å². The molecule has 1 N–H and O–H groups in total. The van der Waals surface area contributed by atoms with Crippen molar-refractivity contribution in [3.05, 3.63) is 120 Å². The Hall–Kier alpha value is -4.25. The van der Waals surface area contributed by atoms with Crippen molar-refractivity contribution in [1.82, 2.24) is 10.2 Å². The van der Waals surface area contributed by atoms with Crippen LogP contribution >= 0.6 is 0 Å². The number of benzene rings is 4. The summed E-state index contributed by atoms with van der Waals surface area (Å²) in [5.74, 6) is -1.27. The second kappa shape index (κ2) is 7.22. The summed E-state index contributed by atoms with van der Waals surface area (Å²) in [7, 11) is 0. The van der Waals surface area contributed by atoms with Gasteiger partial charge in [-0.2, -0.15) is 4.90 Å². The van der Waals surface area contributed by atoms with Gasteiger partial charge in [-0.05, 0) is 34.0 Å². The van der Waals surface area contributed by atoms with Crippen LogP contribution in [-0.4, -0.2) is 22.7 Å². The number of hydrogen-bond donors (Lipinski definition) is 1. The minimum atomic E-state index is -1.47. The van der Waals surface area contributed by atoms with E-state index in [-0.39, 0.29) is 5.56 Å². The number of carbonyl (C=O) groups is 3. The highest BCUT2D eigenvalue weighted by molar-refractivity contribution is 6.23. The Morgan fingerprint density at radius 2 is 1.23 bits per heavy atom. The normalized spacial score (nSPS) is 15.2. The monoisotopic (exact) mass is 406 g/mol. The van der Waals surface area contributed by atoms with E-state index < -0.39 is 23.4 Å². The predicted molar refractivity (Wildman–Crippen MR) is 117 cm³/mol. The van der Waals surface area contributed by atoms with E-state index in [9.17, 15) is 14.4 Å². The van der Waals surface area contributed by atoms with Gasteiger partial charge >= 0.3 is 6.03 Å². The van der Waals surface area contributed by atoms with E-state index >= 15 is 0 Å². The van der Waals surface area contributed by atoms with Crippen molar-refractivity contribution in [3.8, 4) is 0 Å².